The first kappa shape index (κ1) is 49.2. The number of unbranched alkanes of at least 4 members (excludes halogenated alkanes) is 15. The Morgan fingerprint density at radius 2 is 1.47 bits per heavy atom. The van der Waals surface area contributed by atoms with Crippen LogP contribution in [0, 0.1) is 0 Å². The summed E-state index contributed by atoms with van der Waals surface area (Å²) in [6.07, 6.45) is 22.7. The third kappa shape index (κ3) is 17.7. The molecule has 1 fully saturated rings. The van der Waals surface area contributed by atoms with Crippen molar-refractivity contribution in [2.75, 3.05) is 32.2 Å². The number of hydrogen-bond acceptors (Lipinski definition) is 11. The maximum absolute atomic E-state index is 14.3. The summed E-state index contributed by atoms with van der Waals surface area (Å²) in [6, 6.07) is 21.3. The van der Waals surface area contributed by atoms with Gasteiger partial charge in [0.1, 0.15) is 42.5 Å². The Kier molecular flexibility index (Phi) is 22.3. The predicted molar refractivity (Wildman–Crippen MR) is 244 cm³/mol. The molecule has 0 amide bonds. The number of para-hydroxylation sites is 1. The van der Waals surface area contributed by atoms with Crippen LogP contribution in [0.3, 0.4) is 0 Å². The van der Waals surface area contributed by atoms with Gasteiger partial charge in [-0.05, 0) is 56.0 Å². The molecule has 3 heterocycles. The number of benzene rings is 2. The summed E-state index contributed by atoms with van der Waals surface area (Å²) < 4.78 is 52.1. The summed E-state index contributed by atoms with van der Waals surface area (Å²) in [4.78, 5) is 17.5. The van der Waals surface area contributed by atoms with E-state index in [0.717, 1.165) is 24.1 Å². The monoisotopic (exact) mass is 878 g/mol. The number of nitrogens with two attached hydrogens (primary N) is 1. The second-order valence-corrected chi connectivity index (χ2v) is 18.2. The Bertz CT molecular complexity index is 1870. The van der Waals surface area contributed by atoms with Crippen LogP contribution >= 0.6 is 7.75 Å². The molecular formula is C48H72N5O8P. The molecule has 0 saturated carbocycles. The summed E-state index contributed by atoms with van der Waals surface area (Å²) in [5, 5.41) is 7.13. The number of nitrogens with zero attached hydrogens (tertiary/aromatic N) is 3. The number of anilines is 1. The van der Waals surface area contributed by atoms with E-state index in [4.69, 9.17) is 33.7 Å². The number of nitrogens with one attached hydrogen (secondary N) is 1. The summed E-state index contributed by atoms with van der Waals surface area (Å²) in [7, 11) is -4.11. The highest BCUT2D eigenvalue weighted by molar-refractivity contribution is 7.52. The van der Waals surface area contributed by atoms with E-state index in [1.807, 2.05) is 48.5 Å². The van der Waals surface area contributed by atoms with Gasteiger partial charge in [-0.15, -0.1) is 0 Å². The molecule has 13 nitrogen and oxygen atoms in total. The molecular weight excluding hydrogens is 806 g/mol. The van der Waals surface area contributed by atoms with Gasteiger partial charge in [-0.2, -0.15) is 10.2 Å². The minimum absolute atomic E-state index is 0.0381. The molecule has 342 valence electrons. The number of esters is 1. The molecule has 0 radical (unpaired) electrons. The molecule has 2 aromatic heterocycles. The lowest BCUT2D eigenvalue weighted by atomic mass is 10.0. The maximum Gasteiger partial charge on any atom is 0.459 e. The van der Waals surface area contributed by atoms with Crippen molar-refractivity contribution in [3.63, 3.8) is 0 Å². The normalized spacial score (nSPS) is 17.2. The molecule has 0 spiro atoms. The van der Waals surface area contributed by atoms with Gasteiger partial charge in [-0.3, -0.25) is 9.32 Å². The van der Waals surface area contributed by atoms with Gasteiger partial charge in [0.15, 0.2) is 5.82 Å². The lowest BCUT2D eigenvalue weighted by Crippen LogP contribution is -2.37. The first-order valence-corrected chi connectivity index (χ1v) is 24.8. The molecule has 5 atom stereocenters. The molecule has 1 saturated heterocycles. The van der Waals surface area contributed by atoms with Crippen molar-refractivity contribution in [2.45, 2.75) is 160 Å². The topological polar surface area (TPSA) is 158 Å². The van der Waals surface area contributed by atoms with Crippen LogP contribution < -0.4 is 15.3 Å². The van der Waals surface area contributed by atoms with E-state index in [2.05, 4.69) is 22.1 Å². The highest BCUT2D eigenvalue weighted by atomic mass is 31.2. The number of nitrogen functional groups attached to an aromatic ring is 1. The van der Waals surface area contributed by atoms with Crippen LogP contribution in [0.25, 0.3) is 5.52 Å². The van der Waals surface area contributed by atoms with Crippen LogP contribution in [0.1, 0.15) is 147 Å². The Morgan fingerprint density at radius 3 is 2.13 bits per heavy atom. The molecule has 2 unspecified atom stereocenters. The zero-order valence-corrected chi connectivity index (χ0v) is 38.1. The largest absolute Gasteiger partial charge is 0.462 e. The maximum atomic E-state index is 14.3. The fourth-order valence-corrected chi connectivity index (χ4v) is 9.17. The van der Waals surface area contributed by atoms with Crippen molar-refractivity contribution in [2.24, 2.45) is 0 Å². The summed E-state index contributed by atoms with van der Waals surface area (Å²) >= 11 is 0. The summed E-state index contributed by atoms with van der Waals surface area (Å²) in [6.45, 7) is 5.00. The molecule has 3 N–H and O–H groups in total. The number of carbonyl (C=O) groups excluding carboxylic acids is 1. The van der Waals surface area contributed by atoms with Crippen LogP contribution in [0.4, 0.5) is 5.82 Å². The van der Waals surface area contributed by atoms with Crippen molar-refractivity contribution in [1.29, 1.82) is 0 Å². The number of fused-ring (bicyclic) bond motifs is 1. The zero-order chi connectivity index (χ0) is 43.7. The van der Waals surface area contributed by atoms with Crippen LogP contribution in [0.5, 0.6) is 5.75 Å². The smallest absolute Gasteiger partial charge is 0.459 e. The number of ether oxygens (including phenoxy) is 4. The van der Waals surface area contributed by atoms with Crippen molar-refractivity contribution >= 4 is 25.1 Å². The molecule has 4 aromatic rings. The number of carbonyl (C=O) groups is 1. The Hall–Kier alpha value is -3.84. The molecule has 5 rings (SSSR count). The van der Waals surface area contributed by atoms with Gasteiger partial charge in [0, 0.05) is 6.61 Å². The Balaban J connectivity index is 1.02. The predicted octanol–water partition coefficient (Wildman–Crippen LogP) is 11.1. The van der Waals surface area contributed by atoms with Crippen molar-refractivity contribution in [3.8, 4) is 5.75 Å². The van der Waals surface area contributed by atoms with Gasteiger partial charge in [0.2, 0.25) is 0 Å². The molecule has 1 aliphatic heterocycles. The quantitative estimate of drug-likeness (QED) is 0.0265. The lowest BCUT2D eigenvalue weighted by Gasteiger charge is -2.25. The van der Waals surface area contributed by atoms with Crippen molar-refractivity contribution in [1.82, 2.24) is 19.7 Å². The Labute approximate surface area is 369 Å². The number of rotatable bonds is 33. The third-order valence-electron chi connectivity index (χ3n) is 11.2. The lowest BCUT2D eigenvalue weighted by molar-refractivity contribution is -0.152. The minimum Gasteiger partial charge on any atom is -0.462 e. The van der Waals surface area contributed by atoms with Crippen LogP contribution in [-0.2, 0) is 39.4 Å². The van der Waals surface area contributed by atoms with Crippen LogP contribution in [-0.4, -0.2) is 65.2 Å². The highest BCUT2D eigenvalue weighted by Crippen LogP contribution is 2.46. The van der Waals surface area contributed by atoms with Gasteiger partial charge in [-0.25, -0.2) is 14.1 Å². The fraction of sp³-hybridized carbons (Fsp3) is 0.604. The minimum atomic E-state index is -4.11. The molecule has 14 heteroatoms. The summed E-state index contributed by atoms with van der Waals surface area (Å²) in [5.41, 5.74) is 8.57. The van der Waals surface area contributed by atoms with E-state index < -0.39 is 25.9 Å². The molecule has 2 aromatic carbocycles. The van der Waals surface area contributed by atoms with Gasteiger partial charge >= 0.3 is 13.7 Å². The van der Waals surface area contributed by atoms with Gasteiger partial charge in [0.25, 0.3) is 0 Å². The van der Waals surface area contributed by atoms with Gasteiger partial charge in [-0.1, -0.05) is 152 Å². The zero-order valence-electron chi connectivity index (χ0n) is 37.2. The van der Waals surface area contributed by atoms with E-state index in [9.17, 15) is 9.36 Å². The second-order valence-electron chi connectivity index (χ2n) is 16.5. The molecule has 0 bridgehead atoms. The van der Waals surface area contributed by atoms with E-state index in [-0.39, 0.29) is 32.0 Å². The van der Waals surface area contributed by atoms with Gasteiger partial charge in [0.05, 0.1) is 31.6 Å². The van der Waals surface area contributed by atoms with E-state index in [0.29, 0.717) is 43.1 Å². The first-order valence-electron chi connectivity index (χ1n) is 23.2. The molecule has 0 aliphatic carbocycles. The fourth-order valence-electron chi connectivity index (χ4n) is 7.64. The van der Waals surface area contributed by atoms with Crippen LogP contribution in [0.15, 0.2) is 79.1 Å². The molecule has 62 heavy (non-hydrogen) atoms. The van der Waals surface area contributed by atoms with Gasteiger partial charge < -0.3 is 29.2 Å². The second kappa shape index (κ2) is 28.1. The average Bonchev–Trinajstić information content (AvgIpc) is 3.95. The van der Waals surface area contributed by atoms with Crippen molar-refractivity contribution < 1.29 is 37.4 Å². The van der Waals surface area contributed by atoms with E-state index in [1.54, 1.807) is 35.7 Å². The SMILES string of the molecule is CCCCCCCCCCCCCCCCCCOC[C@H](COC(=O)C(C)NP(=O)(OC[C@@H]1CC[C@H](c2ccc3c(N)ncnn23)O1)Oc1ccccc1)OCc1ccccc1. The van der Waals surface area contributed by atoms with Crippen molar-refractivity contribution in [3.05, 3.63) is 90.4 Å². The Morgan fingerprint density at radius 1 is 0.839 bits per heavy atom. The third-order valence-corrected chi connectivity index (χ3v) is 12.9. The number of hydrogen-bond donors (Lipinski definition) is 2. The average molecular weight is 878 g/mol. The van der Waals surface area contributed by atoms with E-state index >= 15 is 0 Å². The standard InChI is InChI=1S/C48H72N5O8P/c1-3-4-5-6-7-8-9-10-11-12-13-14-15-16-17-24-33-56-35-43(57-34-40-25-20-18-21-26-40)36-58-48(54)39(2)52-62(55,61-41-27-22-19-23-28-41)59-37-42-29-32-46(60-42)44-30-31-45-47(49)50-38-51-53(44)45/h18-23,25-28,30-31,38-39,42-43,46H,3-17,24,29,32-37H2,1-2H3,(H,52,55)(H2,49,50,51)/t39?,42-,43+,46+,62?/m0/s1. The van der Waals surface area contributed by atoms with E-state index in [1.165, 1.54) is 96.2 Å². The van der Waals surface area contributed by atoms with Crippen LogP contribution in [0.2, 0.25) is 0 Å². The number of aromatic nitrogens is 3. The first-order chi connectivity index (χ1) is 30.3. The summed E-state index contributed by atoms with van der Waals surface area (Å²) in [5.74, 6) is 0.0724. The highest BCUT2D eigenvalue weighted by Gasteiger charge is 2.36. The molecule has 1 aliphatic rings.